The second-order valence-corrected chi connectivity index (χ2v) is 8.74. The van der Waals surface area contributed by atoms with Crippen molar-refractivity contribution >= 4 is 29.0 Å². The number of amides is 2. The molecular weight excluding hydrogens is 374 g/mol. The minimum atomic E-state index is -0.967. The molecule has 1 aliphatic heterocycles. The number of fused-ring (bicyclic) bond motifs is 1. The maximum atomic E-state index is 13.3. The molecule has 2 aromatic rings. The van der Waals surface area contributed by atoms with Crippen LogP contribution in [0, 0.1) is 11.8 Å². The van der Waals surface area contributed by atoms with Crippen LogP contribution in [0.25, 0.3) is 0 Å². The van der Waals surface area contributed by atoms with Crippen LogP contribution in [-0.2, 0) is 14.9 Å². The van der Waals surface area contributed by atoms with Crippen molar-refractivity contribution in [3.8, 4) is 17.6 Å². The Labute approximate surface area is 169 Å². The Morgan fingerprint density at radius 1 is 1.29 bits per heavy atom. The smallest absolute Gasteiger partial charge is 0.421 e. The third-order valence-corrected chi connectivity index (χ3v) is 5.25. The molecule has 0 unspecified atom stereocenters. The van der Waals surface area contributed by atoms with E-state index >= 15 is 0 Å². The van der Waals surface area contributed by atoms with Crippen LogP contribution >= 0.6 is 11.3 Å². The van der Waals surface area contributed by atoms with Crippen molar-refractivity contribution in [2.24, 2.45) is 0 Å². The van der Waals surface area contributed by atoms with E-state index in [9.17, 15) is 9.59 Å². The van der Waals surface area contributed by atoms with Crippen LogP contribution in [0.4, 0.5) is 10.5 Å². The second-order valence-electron chi connectivity index (χ2n) is 7.79. The van der Waals surface area contributed by atoms with E-state index in [1.165, 1.54) is 0 Å². The molecule has 0 spiro atoms. The summed E-state index contributed by atoms with van der Waals surface area (Å²) < 4.78 is 10.8. The lowest BCUT2D eigenvalue weighted by Crippen LogP contribution is -2.44. The quantitative estimate of drug-likeness (QED) is 0.687. The van der Waals surface area contributed by atoms with Gasteiger partial charge in [0, 0.05) is 6.42 Å². The van der Waals surface area contributed by atoms with E-state index in [4.69, 9.17) is 9.47 Å². The SMILES string of the molecule is COc1ccc2c(c1)[C@](C)(CC#Cc1cccs1)C(=O)N2C(=O)OC(C)(C)C. The topological polar surface area (TPSA) is 55.8 Å². The van der Waals surface area contributed by atoms with Gasteiger partial charge >= 0.3 is 6.09 Å². The fourth-order valence-corrected chi connectivity index (χ4v) is 3.66. The maximum Gasteiger partial charge on any atom is 0.421 e. The zero-order chi connectivity index (χ0) is 20.5. The van der Waals surface area contributed by atoms with Gasteiger partial charge in [-0.15, -0.1) is 11.3 Å². The number of imide groups is 1. The van der Waals surface area contributed by atoms with E-state index < -0.39 is 17.1 Å². The number of carbonyl (C=O) groups excluding carboxylic acids is 2. The average molecular weight is 397 g/mol. The molecule has 146 valence electrons. The Morgan fingerprint density at radius 2 is 2.04 bits per heavy atom. The number of rotatable bonds is 2. The summed E-state index contributed by atoms with van der Waals surface area (Å²) in [6, 6.07) is 9.10. The van der Waals surface area contributed by atoms with Gasteiger partial charge in [-0.25, -0.2) is 9.69 Å². The molecule has 1 aromatic carbocycles. The van der Waals surface area contributed by atoms with E-state index in [0.29, 0.717) is 17.0 Å². The molecule has 0 fully saturated rings. The molecule has 0 bridgehead atoms. The Morgan fingerprint density at radius 3 is 2.64 bits per heavy atom. The van der Waals surface area contributed by atoms with Gasteiger partial charge in [0.25, 0.3) is 0 Å². The van der Waals surface area contributed by atoms with E-state index in [-0.39, 0.29) is 12.3 Å². The third kappa shape index (κ3) is 3.76. The van der Waals surface area contributed by atoms with Crippen molar-refractivity contribution in [2.75, 3.05) is 12.0 Å². The van der Waals surface area contributed by atoms with Crippen LogP contribution in [0.1, 0.15) is 44.6 Å². The molecule has 1 atom stereocenters. The molecule has 0 N–H and O–H groups in total. The molecule has 2 amide bonds. The molecule has 1 aliphatic rings. The van der Waals surface area contributed by atoms with Crippen molar-refractivity contribution < 1.29 is 19.1 Å². The highest BCUT2D eigenvalue weighted by Gasteiger charge is 2.50. The Hall–Kier alpha value is -2.78. The van der Waals surface area contributed by atoms with Gasteiger partial charge in [-0.3, -0.25) is 4.79 Å². The van der Waals surface area contributed by atoms with Gasteiger partial charge in [-0.2, -0.15) is 0 Å². The minimum absolute atomic E-state index is 0.281. The normalized spacial score (nSPS) is 18.3. The summed E-state index contributed by atoms with van der Waals surface area (Å²) in [7, 11) is 1.57. The second kappa shape index (κ2) is 7.33. The van der Waals surface area contributed by atoms with Crippen LogP contribution in [0.5, 0.6) is 5.75 Å². The van der Waals surface area contributed by atoms with Gasteiger partial charge in [0.2, 0.25) is 5.91 Å². The molecule has 0 saturated heterocycles. The van der Waals surface area contributed by atoms with Crippen LogP contribution in [0.15, 0.2) is 35.7 Å². The first-order valence-corrected chi connectivity index (χ1v) is 9.82. The molecule has 6 heteroatoms. The van der Waals surface area contributed by atoms with Crippen molar-refractivity contribution in [2.45, 2.75) is 45.1 Å². The number of thiophene rings is 1. The lowest BCUT2D eigenvalue weighted by atomic mass is 9.81. The minimum Gasteiger partial charge on any atom is -0.497 e. The molecule has 0 aliphatic carbocycles. The van der Waals surface area contributed by atoms with Gasteiger partial charge in [0.15, 0.2) is 0 Å². The number of carbonyl (C=O) groups is 2. The van der Waals surface area contributed by atoms with Crippen molar-refractivity contribution in [3.63, 3.8) is 0 Å². The van der Waals surface area contributed by atoms with E-state index in [1.807, 2.05) is 17.5 Å². The highest BCUT2D eigenvalue weighted by molar-refractivity contribution is 7.10. The van der Waals surface area contributed by atoms with Gasteiger partial charge in [-0.1, -0.05) is 17.9 Å². The summed E-state index contributed by atoms with van der Waals surface area (Å²) in [4.78, 5) is 28.1. The molecular formula is C22H23NO4S. The van der Waals surface area contributed by atoms with Crippen LogP contribution in [-0.4, -0.2) is 24.7 Å². The molecule has 28 heavy (non-hydrogen) atoms. The van der Waals surface area contributed by atoms with Crippen molar-refractivity contribution in [1.29, 1.82) is 0 Å². The molecule has 2 heterocycles. The van der Waals surface area contributed by atoms with E-state index in [1.54, 1.807) is 64.3 Å². The molecule has 0 saturated carbocycles. The Balaban J connectivity index is 2.01. The average Bonchev–Trinajstić information content (AvgIpc) is 3.20. The predicted molar refractivity (Wildman–Crippen MR) is 110 cm³/mol. The number of anilines is 1. The van der Waals surface area contributed by atoms with Crippen LogP contribution < -0.4 is 9.64 Å². The number of methoxy groups -OCH3 is 1. The first kappa shape index (κ1) is 20.0. The van der Waals surface area contributed by atoms with E-state index in [0.717, 1.165) is 9.78 Å². The zero-order valence-electron chi connectivity index (χ0n) is 16.7. The van der Waals surface area contributed by atoms with Crippen molar-refractivity contribution in [3.05, 3.63) is 46.2 Å². The van der Waals surface area contributed by atoms with Crippen LogP contribution in [0.3, 0.4) is 0 Å². The summed E-state index contributed by atoms with van der Waals surface area (Å²) in [5.41, 5.74) is -0.448. The highest BCUT2D eigenvalue weighted by Crippen LogP contribution is 2.45. The monoisotopic (exact) mass is 397 g/mol. The molecule has 0 radical (unpaired) electrons. The standard InChI is InChI=1S/C22H23NO4S/c1-21(2,3)27-20(25)23-18-11-10-15(26-5)14-17(18)22(4,19(23)24)12-6-8-16-9-7-13-28-16/h7,9-11,13-14H,12H2,1-5H3/t22-/m0/s1. The Bertz CT molecular complexity index is 963. The predicted octanol–water partition coefficient (Wildman–Crippen LogP) is 4.74. The van der Waals surface area contributed by atoms with Gasteiger partial charge in [-0.05, 0) is 62.9 Å². The lowest BCUT2D eigenvalue weighted by molar-refractivity contribution is -0.122. The summed E-state index contributed by atoms with van der Waals surface area (Å²) in [6.45, 7) is 7.12. The van der Waals surface area contributed by atoms with Gasteiger partial charge in [0.1, 0.15) is 11.4 Å². The number of ether oxygens (including phenoxy) is 2. The third-order valence-electron chi connectivity index (χ3n) is 4.46. The van der Waals surface area contributed by atoms with Gasteiger partial charge < -0.3 is 9.47 Å². The fraction of sp³-hybridized carbons (Fsp3) is 0.364. The number of nitrogens with zero attached hydrogens (tertiary/aromatic N) is 1. The van der Waals surface area contributed by atoms with E-state index in [2.05, 4.69) is 11.8 Å². The Kier molecular flexibility index (Phi) is 5.22. The zero-order valence-corrected chi connectivity index (χ0v) is 17.5. The molecule has 3 rings (SSSR count). The highest BCUT2D eigenvalue weighted by atomic mass is 32.1. The number of hydrogen-bond acceptors (Lipinski definition) is 5. The summed E-state index contributed by atoms with van der Waals surface area (Å²) in [5, 5.41) is 1.96. The van der Waals surface area contributed by atoms with Crippen LogP contribution in [0.2, 0.25) is 0 Å². The summed E-state index contributed by atoms with van der Waals surface area (Å²) >= 11 is 1.55. The largest absolute Gasteiger partial charge is 0.497 e. The summed E-state index contributed by atoms with van der Waals surface area (Å²) in [6.07, 6.45) is -0.401. The molecule has 1 aromatic heterocycles. The number of benzene rings is 1. The fourth-order valence-electron chi connectivity index (χ4n) is 3.07. The molecule has 5 nitrogen and oxygen atoms in total. The number of hydrogen-bond donors (Lipinski definition) is 0. The maximum absolute atomic E-state index is 13.3. The van der Waals surface area contributed by atoms with Crippen molar-refractivity contribution in [1.82, 2.24) is 0 Å². The first-order chi connectivity index (χ1) is 13.2. The summed E-state index contributed by atoms with van der Waals surface area (Å²) in [5.74, 6) is 6.47. The first-order valence-electron chi connectivity index (χ1n) is 8.94. The lowest BCUT2D eigenvalue weighted by Gasteiger charge is -2.25. The van der Waals surface area contributed by atoms with Gasteiger partial charge in [0.05, 0.1) is 23.1 Å².